The van der Waals surface area contributed by atoms with E-state index in [2.05, 4.69) is 5.32 Å². The molecule has 2 heterocycles. The minimum atomic E-state index is -0.0521. The Morgan fingerprint density at radius 1 is 1.46 bits per heavy atom. The smallest absolute Gasteiger partial charge is 0.252 e. The van der Waals surface area contributed by atoms with Crippen LogP contribution in [-0.4, -0.2) is 17.4 Å². The lowest BCUT2D eigenvalue weighted by Crippen LogP contribution is -2.16. The van der Waals surface area contributed by atoms with Crippen LogP contribution >= 0.6 is 0 Å². The zero-order valence-electron chi connectivity index (χ0n) is 7.32. The van der Waals surface area contributed by atoms with E-state index in [9.17, 15) is 4.79 Å². The number of aromatic nitrogens is 1. The Labute approximate surface area is 76.0 Å². The van der Waals surface area contributed by atoms with E-state index in [1.165, 1.54) is 0 Å². The molecule has 0 spiro atoms. The molecular formula is C10H10N2O. The number of fused-ring (bicyclic) bond motifs is 1. The number of carbonyl (C=O) groups is 1. The molecule has 1 N–H and O–H groups in total. The highest BCUT2D eigenvalue weighted by atomic mass is 16.1. The minimum Gasteiger partial charge on any atom is -0.355 e. The maximum atomic E-state index is 11.3. The lowest BCUT2D eigenvalue weighted by molar-refractivity contribution is 0.0963. The van der Waals surface area contributed by atoms with Crippen LogP contribution in [0.15, 0.2) is 36.7 Å². The normalized spacial score (nSPS) is 10.2. The van der Waals surface area contributed by atoms with E-state index in [1.54, 1.807) is 7.05 Å². The fraction of sp³-hybridized carbons (Fsp3) is 0.100. The Bertz CT molecular complexity index is 412. The summed E-state index contributed by atoms with van der Waals surface area (Å²) in [5.74, 6) is -0.0521. The maximum Gasteiger partial charge on any atom is 0.252 e. The summed E-state index contributed by atoms with van der Waals surface area (Å²) >= 11 is 0. The zero-order valence-corrected chi connectivity index (χ0v) is 7.32. The first-order valence-corrected chi connectivity index (χ1v) is 4.10. The molecule has 13 heavy (non-hydrogen) atoms. The Balaban J connectivity index is 2.56. The second-order valence-corrected chi connectivity index (χ2v) is 2.84. The molecule has 0 unspecified atom stereocenters. The monoisotopic (exact) mass is 174 g/mol. The molecule has 0 atom stereocenters. The molecule has 2 aromatic heterocycles. The predicted molar refractivity (Wildman–Crippen MR) is 50.8 cm³/mol. The highest BCUT2D eigenvalue weighted by Gasteiger charge is 2.04. The summed E-state index contributed by atoms with van der Waals surface area (Å²) in [5.41, 5.74) is 1.72. The van der Waals surface area contributed by atoms with E-state index >= 15 is 0 Å². The summed E-state index contributed by atoms with van der Waals surface area (Å²) in [6.07, 6.45) is 3.73. The predicted octanol–water partition coefficient (Wildman–Crippen LogP) is 1.30. The van der Waals surface area contributed by atoms with Crippen LogP contribution < -0.4 is 5.32 Å². The molecule has 0 aliphatic rings. The van der Waals surface area contributed by atoms with E-state index in [0.29, 0.717) is 5.56 Å². The molecule has 0 bridgehead atoms. The van der Waals surface area contributed by atoms with Crippen LogP contribution in [0.4, 0.5) is 0 Å². The molecule has 1 amide bonds. The Morgan fingerprint density at radius 3 is 3.00 bits per heavy atom. The number of nitrogens with one attached hydrogen (secondary N) is 1. The van der Waals surface area contributed by atoms with E-state index in [0.717, 1.165) is 5.52 Å². The van der Waals surface area contributed by atoms with Gasteiger partial charge in [0.05, 0.1) is 5.56 Å². The number of rotatable bonds is 1. The molecule has 3 nitrogen and oxygen atoms in total. The first kappa shape index (κ1) is 7.86. The Morgan fingerprint density at radius 2 is 2.31 bits per heavy atom. The Hall–Kier alpha value is -1.77. The van der Waals surface area contributed by atoms with Crippen molar-refractivity contribution in [3.8, 4) is 0 Å². The fourth-order valence-electron chi connectivity index (χ4n) is 1.32. The third kappa shape index (κ3) is 1.28. The first-order valence-electron chi connectivity index (χ1n) is 4.10. The van der Waals surface area contributed by atoms with Crippen LogP contribution in [0, 0.1) is 0 Å². The molecular weight excluding hydrogens is 164 g/mol. The van der Waals surface area contributed by atoms with Crippen LogP contribution in [0.2, 0.25) is 0 Å². The van der Waals surface area contributed by atoms with Gasteiger partial charge in [0.15, 0.2) is 0 Å². The highest BCUT2D eigenvalue weighted by molar-refractivity contribution is 5.95. The van der Waals surface area contributed by atoms with Gasteiger partial charge in [-0.05, 0) is 18.2 Å². The lowest BCUT2D eigenvalue weighted by Gasteiger charge is -1.91. The highest BCUT2D eigenvalue weighted by Crippen LogP contribution is 2.08. The minimum absolute atomic E-state index is 0.0521. The molecule has 2 rings (SSSR count). The van der Waals surface area contributed by atoms with Crippen molar-refractivity contribution in [3.63, 3.8) is 0 Å². The average molecular weight is 174 g/mol. The summed E-state index contributed by atoms with van der Waals surface area (Å²) in [4.78, 5) is 11.3. The molecule has 2 aromatic rings. The molecule has 0 aliphatic heterocycles. The lowest BCUT2D eigenvalue weighted by atomic mass is 10.3. The van der Waals surface area contributed by atoms with Crippen molar-refractivity contribution in [2.24, 2.45) is 0 Å². The van der Waals surface area contributed by atoms with Gasteiger partial charge in [0, 0.05) is 25.0 Å². The van der Waals surface area contributed by atoms with E-state index in [4.69, 9.17) is 0 Å². The second kappa shape index (κ2) is 2.94. The van der Waals surface area contributed by atoms with Gasteiger partial charge in [-0.3, -0.25) is 4.79 Å². The van der Waals surface area contributed by atoms with E-state index in [-0.39, 0.29) is 5.91 Å². The SMILES string of the molecule is CNC(=O)c1cc2ccccn2c1. The van der Waals surface area contributed by atoms with Gasteiger partial charge in [-0.15, -0.1) is 0 Å². The van der Waals surface area contributed by atoms with E-state index < -0.39 is 0 Å². The molecule has 66 valence electrons. The number of nitrogens with zero attached hydrogens (tertiary/aromatic N) is 1. The van der Waals surface area contributed by atoms with Gasteiger partial charge in [-0.1, -0.05) is 6.07 Å². The summed E-state index contributed by atoms with van der Waals surface area (Å²) in [5, 5.41) is 2.59. The third-order valence-corrected chi connectivity index (χ3v) is 1.99. The van der Waals surface area contributed by atoms with Gasteiger partial charge in [0.25, 0.3) is 5.91 Å². The topological polar surface area (TPSA) is 33.5 Å². The van der Waals surface area contributed by atoms with Crippen molar-refractivity contribution < 1.29 is 4.79 Å². The molecule has 0 fully saturated rings. The van der Waals surface area contributed by atoms with Crippen LogP contribution in [0.1, 0.15) is 10.4 Å². The number of pyridine rings is 1. The summed E-state index contributed by atoms with van der Waals surface area (Å²) in [6, 6.07) is 7.70. The summed E-state index contributed by atoms with van der Waals surface area (Å²) < 4.78 is 1.92. The summed E-state index contributed by atoms with van der Waals surface area (Å²) in [7, 11) is 1.63. The zero-order chi connectivity index (χ0) is 9.26. The number of hydrogen-bond acceptors (Lipinski definition) is 1. The molecule has 0 aromatic carbocycles. The van der Waals surface area contributed by atoms with E-state index in [1.807, 2.05) is 41.1 Å². The van der Waals surface area contributed by atoms with Crippen LogP contribution in [-0.2, 0) is 0 Å². The van der Waals surface area contributed by atoms with Gasteiger partial charge < -0.3 is 9.72 Å². The number of amides is 1. The van der Waals surface area contributed by atoms with Crippen molar-refractivity contribution in [2.45, 2.75) is 0 Å². The van der Waals surface area contributed by atoms with Crippen molar-refractivity contribution in [1.29, 1.82) is 0 Å². The fourth-order valence-corrected chi connectivity index (χ4v) is 1.32. The molecule has 0 radical (unpaired) electrons. The van der Waals surface area contributed by atoms with Gasteiger partial charge in [0.2, 0.25) is 0 Å². The van der Waals surface area contributed by atoms with Gasteiger partial charge in [-0.25, -0.2) is 0 Å². The molecule has 0 aliphatic carbocycles. The number of carbonyl (C=O) groups excluding carboxylic acids is 1. The molecule has 3 heteroatoms. The third-order valence-electron chi connectivity index (χ3n) is 1.99. The quantitative estimate of drug-likeness (QED) is 0.694. The average Bonchev–Trinajstić information content (AvgIpc) is 2.59. The Kier molecular flexibility index (Phi) is 1.77. The second-order valence-electron chi connectivity index (χ2n) is 2.84. The van der Waals surface area contributed by atoms with Crippen molar-refractivity contribution in [1.82, 2.24) is 9.72 Å². The van der Waals surface area contributed by atoms with Gasteiger partial charge >= 0.3 is 0 Å². The van der Waals surface area contributed by atoms with Crippen molar-refractivity contribution >= 4 is 11.4 Å². The van der Waals surface area contributed by atoms with Gasteiger partial charge in [0.1, 0.15) is 0 Å². The van der Waals surface area contributed by atoms with Crippen LogP contribution in [0.5, 0.6) is 0 Å². The van der Waals surface area contributed by atoms with Crippen molar-refractivity contribution in [2.75, 3.05) is 7.05 Å². The first-order chi connectivity index (χ1) is 6.31. The summed E-state index contributed by atoms with van der Waals surface area (Å²) in [6.45, 7) is 0. The van der Waals surface area contributed by atoms with Crippen molar-refractivity contribution in [3.05, 3.63) is 42.2 Å². The van der Waals surface area contributed by atoms with Crippen LogP contribution in [0.3, 0.4) is 0 Å². The maximum absolute atomic E-state index is 11.3. The van der Waals surface area contributed by atoms with Crippen LogP contribution in [0.25, 0.3) is 5.52 Å². The molecule has 0 saturated heterocycles. The standard InChI is InChI=1S/C10H10N2O/c1-11-10(13)8-6-9-4-2-3-5-12(9)7-8/h2-7H,1H3,(H,11,13). The molecule has 0 saturated carbocycles. The number of hydrogen-bond donors (Lipinski definition) is 1. The largest absolute Gasteiger partial charge is 0.355 e. The van der Waals surface area contributed by atoms with Gasteiger partial charge in [-0.2, -0.15) is 0 Å².